The number of rotatable bonds is 4. The number of nitrogens with one attached hydrogen (secondary N) is 2. The quantitative estimate of drug-likeness (QED) is 0.893. The molecule has 1 aliphatic rings. The van der Waals surface area contributed by atoms with E-state index < -0.39 is 11.9 Å². The van der Waals surface area contributed by atoms with E-state index in [1.807, 2.05) is 6.07 Å². The van der Waals surface area contributed by atoms with Crippen molar-refractivity contribution in [3.63, 3.8) is 0 Å². The van der Waals surface area contributed by atoms with Gasteiger partial charge in [0.2, 0.25) is 0 Å². The monoisotopic (exact) mass is 324 g/mol. The van der Waals surface area contributed by atoms with Crippen molar-refractivity contribution in [1.82, 2.24) is 10.6 Å². The van der Waals surface area contributed by atoms with Crippen molar-refractivity contribution in [2.24, 2.45) is 0 Å². The van der Waals surface area contributed by atoms with E-state index in [9.17, 15) is 9.59 Å². The minimum Gasteiger partial charge on any atom is -0.483 e. The zero-order valence-electron chi connectivity index (χ0n) is 12.7. The molecule has 22 heavy (non-hydrogen) atoms. The van der Waals surface area contributed by atoms with Gasteiger partial charge in [0.25, 0.3) is 5.91 Å². The number of imide groups is 1. The fourth-order valence-electron chi connectivity index (χ4n) is 2.75. The molecule has 5 nitrogen and oxygen atoms in total. The lowest BCUT2D eigenvalue weighted by atomic mass is 9.84. The predicted molar refractivity (Wildman–Crippen MR) is 85.4 cm³/mol. The minimum atomic E-state index is -0.544. The first kappa shape index (κ1) is 16.6. The van der Waals surface area contributed by atoms with Crippen molar-refractivity contribution in [3.8, 4) is 5.75 Å². The average Bonchev–Trinajstić information content (AvgIpc) is 2.54. The number of carbonyl (C=O) groups is 2. The van der Waals surface area contributed by atoms with Crippen LogP contribution in [0.4, 0.5) is 4.79 Å². The maximum Gasteiger partial charge on any atom is 0.321 e. The second-order valence-electron chi connectivity index (χ2n) is 5.43. The van der Waals surface area contributed by atoms with Crippen LogP contribution in [-0.2, 0) is 4.79 Å². The Labute approximate surface area is 135 Å². The molecular weight excluding hydrogens is 304 g/mol. The summed E-state index contributed by atoms with van der Waals surface area (Å²) in [7, 11) is 1.45. The average molecular weight is 325 g/mol. The first-order chi connectivity index (χ1) is 10.6. The van der Waals surface area contributed by atoms with Crippen LogP contribution in [0.25, 0.3) is 0 Å². The first-order valence-corrected chi connectivity index (χ1v) is 7.91. The van der Waals surface area contributed by atoms with E-state index >= 15 is 0 Å². The van der Waals surface area contributed by atoms with Gasteiger partial charge < -0.3 is 10.1 Å². The second-order valence-corrected chi connectivity index (χ2v) is 5.87. The van der Waals surface area contributed by atoms with E-state index in [2.05, 4.69) is 10.6 Å². The van der Waals surface area contributed by atoms with Crippen LogP contribution in [0.2, 0.25) is 5.02 Å². The van der Waals surface area contributed by atoms with Gasteiger partial charge in [0, 0.05) is 12.1 Å². The summed E-state index contributed by atoms with van der Waals surface area (Å²) >= 11 is 6.10. The Morgan fingerprint density at radius 3 is 2.68 bits per heavy atom. The van der Waals surface area contributed by atoms with E-state index in [1.165, 1.54) is 26.3 Å². The minimum absolute atomic E-state index is 0.200. The lowest BCUT2D eigenvalue weighted by molar-refractivity contribution is -0.122. The van der Waals surface area contributed by atoms with Gasteiger partial charge in [-0.3, -0.25) is 10.1 Å². The van der Waals surface area contributed by atoms with E-state index in [1.54, 1.807) is 12.1 Å². The summed E-state index contributed by atoms with van der Waals surface area (Å²) in [5.41, 5.74) is 1.06. The van der Waals surface area contributed by atoms with Crippen molar-refractivity contribution >= 4 is 23.5 Å². The molecule has 6 heteroatoms. The topological polar surface area (TPSA) is 67.4 Å². The van der Waals surface area contributed by atoms with E-state index in [-0.39, 0.29) is 6.61 Å². The van der Waals surface area contributed by atoms with Crippen LogP contribution in [0.15, 0.2) is 18.2 Å². The highest BCUT2D eigenvalue weighted by Gasteiger charge is 2.20. The molecule has 1 saturated carbocycles. The predicted octanol–water partition coefficient (Wildman–Crippen LogP) is 3.22. The third-order valence-corrected chi connectivity index (χ3v) is 4.09. The van der Waals surface area contributed by atoms with Crippen LogP contribution in [0.5, 0.6) is 5.75 Å². The zero-order chi connectivity index (χ0) is 15.9. The largest absolute Gasteiger partial charge is 0.483 e. The molecular formula is C16H21ClN2O3. The van der Waals surface area contributed by atoms with Gasteiger partial charge in [-0.05, 0) is 42.5 Å². The van der Waals surface area contributed by atoms with E-state index in [0.717, 1.165) is 18.4 Å². The Hall–Kier alpha value is -1.75. The number of benzene rings is 1. The molecule has 120 valence electrons. The molecule has 0 atom stereocenters. The van der Waals surface area contributed by atoms with Crippen molar-refractivity contribution in [2.45, 2.75) is 38.0 Å². The number of ether oxygens (including phenoxy) is 1. The Kier molecular flexibility index (Phi) is 6.07. The SMILES string of the molecule is CNC(=O)NC(=O)COc1ccc(Cl)cc1C1CCCCC1. The first-order valence-electron chi connectivity index (χ1n) is 7.54. The van der Waals surface area contributed by atoms with Gasteiger partial charge in [-0.15, -0.1) is 0 Å². The van der Waals surface area contributed by atoms with Gasteiger partial charge in [0.1, 0.15) is 5.75 Å². The Morgan fingerprint density at radius 2 is 2.00 bits per heavy atom. The van der Waals surface area contributed by atoms with E-state index in [4.69, 9.17) is 16.3 Å². The number of halogens is 1. The molecule has 0 aliphatic heterocycles. The molecule has 0 saturated heterocycles. The molecule has 0 aromatic heterocycles. The normalized spacial score (nSPS) is 15.2. The summed E-state index contributed by atoms with van der Waals surface area (Å²) in [5, 5.41) is 5.16. The highest BCUT2D eigenvalue weighted by molar-refractivity contribution is 6.30. The molecule has 0 spiro atoms. The third-order valence-electron chi connectivity index (χ3n) is 3.86. The molecule has 0 unspecified atom stereocenters. The van der Waals surface area contributed by atoms with Gasteiger partial charge in [-0.1, -0.05) is 30.9 Å². The molecule has 0 radical (unpaired) electrons. The summed E-state index contributed by atoms with van der Waals surface area (Å²) in [6, 6.07) is 4.92. The van der Waals surface area contributed by atoms with Gasteiger partial charge in [0.15, 0.2) is 6.61 Å². The molecule has 1 fully saturated rings. The number of hydrogen-bond donors (Lipinski definition) is 2. The van der Waals surface area contributed by atoms with Gasteiger partial charge >= 0.3 is 6.03 Å². The molecule has 3 amide bonds. The van der Waals surface area contributed by atoms with Crippen LogP contribution in [0.3, 0.4) is 0 Å². The Bertz CT molecular complexity index is 542. The summed E-state index contributed by atoms with van der Waals surface area (Å²) < 4.78 is 5.60. The van der Waals surface area contributed by atoms with Crippen LogP contribution in [0.1, 0.15) is 43.6 Å². The van der Waals surface area contributed by atoms with Crippen LogP contribution < -0.4 is 15.4 Å². The van der Waals surface area contributed by atoms with Crippen molar-refractivity contribution < 1.29 is 14.3 Å². The van der Waals surface area contributed by atoms with E-state index in [0.29, 0.717) is 16.7 Å². The molecule has 2 N–H and O–H groups in total. The van der Waals surface area contributed by atoms with Crippen molar-refractivity contribution in [1.29, 1.82) is 0 Å². The van der Waals surface area contributed by atoms with Crippen molar-refractivity contribution in [2.75, 3.05) is 13.7 Å². The highest BCUT2D eigenvalue weighted by Crippen LogP contribution is 2.38. The Balaban J connectivity index is 2.03. The van der Waals surface area contributed by atoms with Crippen LogP contribution in [0, 0.1) is 0 Å². The third kappa shape index (κ3) is 4.63. The second kappa shape index (κ2) is 8.03. The molecule has 2 rings (SSSR count). The van der Waals surface area contributed by atoms with Crippen LogP contribution in [-0.4, -0.2) is 25.6 Å². The van der Waals surface area contributed by atoms with Crippen LogP contribution >= 0.6 is 11.6 Å². The fraction of sp³-hybridized carbons (Fsp3) is 0.500. The molecule has 1 aromatic carbocycles. The zero-order valence-corrected chi connectivity index (χ0v) is 13.4. The summed E-state index contributed by atoms with van der Waals surface area (Å²) in [6.45, 7) is -0.200. The smallest absolute Gasteiger partial charge is 0.321 e. The number of amides is 3. The Morgan fingerprint density at radius 1 is 1.27 bits per heavy atom. The van der Waals surface area contributed by atoms with Gasteiger partial charge in [0.05, 0.1) is 0 Å². The van der Waals surface area contributed by atoms with Crippen molar-refractivity contribution in [3.05, 3.63) is 28.8 Å². The summed E-state index contributed by atoms with van der Waals surface area (Å²) in [5.74, 6) is 0.608. The number of urea groups is 1. The molecule has 0 bridgehead atoms. The maximum absolute atomic E-state index is 11.6. The lowest BCUT2D eigenvalue weighted by Gasteiger charge is -2.24. The number of carbonyl (C=O) groups excluding carboxylic acids is 2. The molecule has 1 aliphatic carbocycles. The summed E-state index contributed by atoms with van der Waals surface area (Å²) in [4.78, 5) is 22.7. The lowest BCUT2D eigenvalue weighted by Crippen LogP contribution is -2.40. The highest BCUT2D eigenvalue weighted by atomic mass is 35.5. The number of hydrogen-bond acceptors (Lipinski definition) is 3. The molecule has 1 aromatic rings. The van der Waals surface area contributed by atoms with Gasteiger partial charge in [-0.2, -0.15) is 0 Å². The fourth-order valence-corrected chi connectivity index (χ4v) is 2.93. The molecule has 0 heterocycles. The maximum atomic E-state index is 11.6. The van der Waals surface area contributed by atoms with Gasteiger partial charge in [-0.25, -0.2) is 4.79 Å². The standard InChI is InChI=1S/C16H21ClN2O3/c1-18-16(21)19-15(20)10-22-14-8-7-12(17)9-13(14)11-5-3-2-4-6-11/h7-9,11H,2-6,10H2,1H3,(H2,18,19,20,21). The summed E-state index contributed by atoms with van der Waals surface area (Å²) in [6.07, 6.45) is 5.89.